The zero-order valence-corrected chi connectivity index (χ0v) is 10.7. The lowest BCUT2D eigenvalue weighted by Gasteiger charge is -2.13. The van der Waals surface area contributed by atoms with Crippen LogP contribution in [0.2, 0.25) is 0 Å². The molecule has 0 heterocycles. The Morgan fingerprint density at radius 1 is 1.35 bits per heavy atom. The first-order valence-electron chi connectivity index (χ1n) is 5.07. The van der Waals surface area contributed by atoms with Crippen molar-refractivity contribution in [3.8, 4) is 0 Å². The lowest BCUT2D eigenvalue weighted by atomic mass is 10.2. The van der Waals surface area contributed by atoms with Crippen LogP contribution in [0, 0.1) is 5.82 Å². The van der Waals surface area contributed by atoms with Crippen molar-refractivity contribution in [1.82, 2.24) is 4.72 Å². The molecule has 0 aromatic heterocycles. The van der Waals surface area contributed by atoms with Gasteiger partial charge in [0.05, 0.1) is 10.5 Å². The summed E-state index contributed by atoms with van der Waals surface area (Å²) in [4.78, 5) is 9.65. The first kappa shape index (κ1) is 16.4. The Bertz CT molecular complexity index is 627. The fourth-order valence-corrected chi connectivity index (χ4v) is 2.46. The van der Waals surface area contributed by atoms with Gasteiger partial charge in [-0.1, -0.05) is 0 Å². The zero-order chi connectivity index (χ0) is 15.7. The van der Waals surface area contributed by atoms with Crippen molar-refractivity contribution in [2.75, 3.05) is 0 Å². The van der Waals surface area contributed by atoms with E-state index >= 15 is 0 Å². The number of hydrogen-bond acceptors (Lipinski definition) is 3. The van der Waals surface area contributed by atoms with Crippen molar-refractivity contribution in [3.05, 3.63) is 29.6 Å². The molecule has 0 aliphatic rings. The van der Waals surface area contributed by atoms with E-state index in [1.165, 1.54) is 0 Å². The third kappa shape index (κ3) is 3.67. The van der Waals surface area contributed by atoms with Crippen LogP contribution in [-0.2, 0) is 21.0 Å². The fourth-order valence-electron chi connectivity index (χ4n) is 1.24. The number of carboxylic acids is 1. The number of carboxylic acid groups (broad SMARTS) is 1. The summed E-state index contributed by atoms with van der Waals surface area (Å²) in [7, 11) is -4.50. The van der Waals surface area contributed by atoms with Crippen LogP contribution < -0.4 is 4.72 Å². The van der Waals surface area contributed by atoms with Crippen LogP contribution in [0.15, 0.2) is 23.1 Å². The molecule has 1 aromatic carbocycles. The van der Waals surface area contributed by atoms with E-state index in [1.54, 1.807) is 4.72 Å². The molecule has 1 aromatic rings. The molecule has 0 unspecified atom stereocenters. The second kappa shape index (κ2) is 5.37. The van der Waals surface area contributed by atoms with Gasteiger partial charge in [-0.2, -0.15) is 17.9 Å². The number of aliphatic carboxylic acids is 1. The second-order valence-electron chi connectivity index (χ2n) is 3.82. The molecule has 2 N–H and O–H groups in total. The maximum Gasteiger partial charge on any atom is 0.419 e. The molecule has 0 amide bonds. The number of halogens is 4. The largest absolute Gasteiger partial charge is 0.480 e. The number of sulfonamides is 1. The molecule has 1 rings (SSSR count). The van der Waals surface area contributed by atoms with Gasteiger partial charge in [0.1, 0.15) is 11.9 Å². The Hall–Kier alpha value is -1.68. The van der Waals surface area contributed by atoms with Crippen molar-refractivity contribution in [1.29, 1.82) is 0 Å². The molecule has 1 atom stereocenters. The Morgan fingerprint density at radius 2 is 1.90 bits per heavy atom. The highest BCUT2D eigenvalue weighted by Crippen LogP contribution is 2.32. The summed E-state index contributed by atoms with van der Waals surface area (Å²) in [6.45, 7) is 0.994. The van der Waals surface area contributed by atoms with E-state index < -0.39 is 44.5 Å². The van der Waals surface area contributed by atoms with Gasteiger partial charge in [0.2, 0.25) is 10.0 Å². The smallest absolute Gasteiger partial charge is 0.419 e. The van der Waals surface area contributed by atoms with E-state index in [2.05, 4.69) is 0 Å². The number of benzene rings is 1. The van der Waals surface area contributed by atoms with Crippen LogP contribution in [-0.4, -0.2) is 25.5 Å². The average Bonchev–Trinajstić information content (AvgIpc) is 2.26. The van der Waals surface area contributed by atoms with Gasteiger partial charge in [0, 0.05) is 0 Å². The predicted octanol–water partition coefficient (Wildman–Crippen LogP) is 1.60. The number of nitrogens with one attached hydrogen (secondary N) is 1. The van der Waals surface area contributed by atoms with Gasteiger partial charge in [0.25, 0.3) is 0 Å². The third-order valence-corrected chi connectivity index (χ3v) is 3.79. The molecule has 0 fully saturated rings. The summed E-state index contributed by atoms with van der Waals surface area (Å²) in [5.74, 6) is -3.13. The molecule has 0 aliphatic heterocycles. The Labute approximate surface area is 111 Å². The molecule has 20 heavy (non-hydrogen) atoms. The summed E-state index contributed by atoms with van der Waals surface area (Å²) in [5.41, 5.74) is -1.75. The lowest BCUT2D eigenvalue weighted by molar-refractivity contribution is -0.140. The van der Waals surface area contributed by atoms with Crippen LogP contribution >= 0.6 is 0 Å². The minimum Gasteiger partial charge on any atom is -0.480 e. The van der Waals surface area contributed by atoms with Gasteiger partial charge in [-0.15, -0.1) is 0 Å². The lowest BCUT2D eigenvalue weighted by Crippen LogP contribution is -2.38. The van der Waals surface area contributed by atoms with Crippen molar-refractivity contribution in [2.24, 2.45) is 0 Å². The van der Waals surface area contributed by atoms with E-state index in [-0.39, 0.29) is 6.07 Å². The Balaban J connectivity index is 3.24. The van der Waals surface area contributed by atoms with E-state index in [9.17, 15) is 30.8 Å². The molecular weight excluding hydrogens is 306 g/mol. The Kier molecular flexibility index (Phi) is 4.39. The Morgan fingerprint density at radius 3 is 2.35 bits per heavy atom. The predicted molar refractivity (Wildman–Crippen MR) is 58.8 cm³/mol. The van der Waals surface area contributed by atoms with Gasteiger partial charge < -0.3 is 5.11 Å². The summed E-state index contributed by atoms with van der Waals surface area (Å²) >= 11 is 0. The first-order valence-corrected chi connectivity index (χ1v) is 6.55. The normalized spacial score (nSPS) is 14.1. The van der Waals surface area contributed by atoms with Crippen LogP contribution in [0.1, 0.15) is 12.5 Å². The molecule has 0 saturated carbocycles. The van der Waals surface area contributed by atoms with Crippen LogP contribution in [0.4, 0.5) is 17.6 Å². The molecule has 112 valence electrons. The number of carbonyl (C=O) groups is 1. The van der Waals surface area contributed by atoms with Crippen molar-refractivity contribution >= 4 is 16.0 Å². The van der Waals surface area contributed by atoms with E-state index in [4.69, 9.17) is 5.11 Å². The zero-order valence-electron chi connectivity index (χ0n) is 9.90. The number of hydrogen-bond donors (Lipinski definition) is 2. The second-order valence-corrected chi connectivity index (χ2v) is 5.53. The van der Waals surface area contributed by atoms with Gasteiger partial charge in [-0.05, 0) is 25.1 Å². The fraction of sp³-hybridized carbons (Fsp3) is 0.300. The molecule has 0 radical (unpaired) electrons. The van der Waals surface area contributed by atoms with Crippen LogP contribution in [0.3, 0.4) is 0 Å². The topological polar surface area (TPSA) is 83.5 Å². The molecule has 5 nitrogen and oxygen atoms in total. The number of rotatable bonds is 4. The minimum atomic E-state index is -5.06. The van der Waals surface area contributed by atoms with E-state index in [1.807, 2.05) is 0 Å². The monoisotopic (exact) mass is 315 g/mol. The first-order chi connectivity index (χ1) is 8.95. The van der Waals surface area contributed by atoms with Crippen LogP contribution in [0.25, 0.3) is 0 Å². The summed E-state index contributed by atoms with van der Waals surface area (Å²) < 4.78 is 75.4. The summed E-state index contributed by atoms with van der Waals surface area (Å²) in [6.07, 6.45) is -5.06. The molecule has 0 aliphatic carbocycles. The van der Waals surface area contributed by atoms with Gasteiger partial charge in [-0.3, -0.25) is 4.79 Å². The van der Waals surface area contributed by atoms with E-state index in [0.29, 0.717) is 12.1 Å². The third-order valence-electron chi connectivity index (χ3n) is 2.26. The van der Waals surface area contributed by atoms with Crippen molar-refractivity contribution in [2.45, 2.75) is 24.0 Å². The SMILES string of the molecule is C[C@@H](NS(=O)(=O)c1ccc(F)c(C(F)(F)F)c1)C(=O)O. The minimum absolute atomic E-state index is 0.103. The standard InChI is InChI=1S/C10H9F4NO4S/c1-5(9(16)17)15-20(18,19)6-2-3-8(11)7(4-6)10(12,13)14/h2-5,15H,1H3,(H,16,17)/t5-/m1/s1. The summed E-state index contributed by atoms with van der Waals surface area (Å²) in [6, 6.07) is -0.476. The maximum atomic E-state index is 13.0. The van der Waals surface area contributed by atoms with Gasteiger partial charge >= 0.3 is 12.1 Å². The molecule has 0 bridgehead atoms. The summed E-state index contributed by atoms with van der Waals surface area (Å²) in [5, 5.41) is 8.55. The highest BCUT2D eigenvalue weighted by Gasteiger charge is 2.35. The van der Waals surface area contributed by atoms with Crippen molar-refractivity contribution in [3.63, 3.8) is 0 Å². The molecule has 0 saturated heterocycles. The molecule has 10 heteroatoms. The maximum absolute atomic E-state index is 13.0. The average molecular weight is 315 g/mol. The van der Waals surface area contributed by atoms with Gasteiger partial charge in [-0.25, -0.2) is 12.8 Å². The molecular formula is C10H9F4NO4S. The highest BCUT2D eigenvalue weighted by molar-refractivity contribution is 7.89. The van der Waals surface area contributed by atoms with Gasteiger partial charge in [0.15, 0.2) is 0 Å². The number of alkyl halides is 3. The van der Waals surface area contributed by atoms with Crippen LogP contribution in [0.5, 0.6) is 0 Å². The highest BCUT2D eigenvalue weighted by atomic mass is 32.2. The quantitative estimate of drug-likeness (QED) is 0.827. The van der Waals surface area contributed by atoms with E-state index in [0.717, 1.165) is 6.92 Å². The van der Waals surface area contributed by atoms with Crippen molar-refractivity contribution < 1.29 is 35.9 Å². The molecule has 0 spiro atoms.